The first-order valence-electron chi connectivity index (χ1n) is 6.30. The van der Waals surface area contributed by atoms with Crippen LogP contribution in [0.25, 0.3) is 0 Å². The molecular weight excluding hydrogens is 230 g/mol. The Morgan fingerprint density at radius 2 is 2.24 bits per heavy atom. The number of nitrogens with one attached hydrogen (secondary N) is 1. The molecule has 0 aliphatic carbocycles. The van der Waals surface area contributed by atoms with Crippen molar-refractivity contribution in [2.24, 2.45) is 5.41 Å². The molecule has 0 amide bonds. The van der Waals surface area contributed by atoms with Gasteiger partial charge in [-0.3, -0.25) is 0 Å². The zero-order valence-corrected chi connectivity index (χ0v) is 11.1. The average Bonchev–Trinajstić information content (AvgIpc) is 2.34. The van der Waals surface area contributed by atoms with Gasteiger partial charge in [0.25, 0.3) is 0 Å². The molecule has 3 rings (SSSR count). The minimum atomic E-state index is 0.361. The molecule has 0 aromatic heterocycles. The first-order valence-corrected chi connectivity index (χ1v) is 7.28. The maximum atomic E-state index is 5.30. The highest BCUT2D eigenvalue weighted by Crippen LogP contribution is 2.36. The summed E-state index contributed by atoms with van der Waals surface area (Å²) in [7, 11) is 0. The van der Waals surface area contributed by atoms with E-state index in [-0.39, 0.29) is 0 Å². The van der Waals surface area contributed by atoms with Gasteiger partial charge in [0, 0.05) is 22.9 Å². The van der Waals surface area contributed by atoms with E-state index >= 15 is 0 Å². The summed E-state index contributed by atoms with van der Waals surface area (Å²) in [5.74, 6) is 1.22. The van der Waals surface area contributed by atoms with Crippen molar-refractivity contribution in [2.45, 2.75) is 24.3 Å². The van der Waals surface area contributed by atoms with Crippen LogP contribution in [0.4, 0.5) is 0 Å². The zero-order valence-electron chi connectivity index (χ0n) is 10.2. The van der Waals surface area contributed by atoms with Crippen LogP contribution in [-0.4, -0.2) is 25.5 Å². The molecule has 0 bridgehead atoms. The van der Waals surface area contributed by atoms with Gasteiger partial charge in [-0.15, -0.1) is 11.8 Å². The second kappa shape index (κ2) is 4.63. The fraction of sp³-hybridized carbons (Fsp3) is 0.571. The van der Waals surface area contributed by atoms with Crippen LogP contribution in [-0.2, 0) is 4.74 Å². The van der Waals surface area contributed by atoms with Gasteiger partial charge in [-0.2, -0.15) is 0 Å². The molecule has 0 radical (unpaired) electrons. The molecule has 1 atom stereocenters. The van der Waals surface area contributed by atoms with Crippen LogP contribution < -0.4 is 5.32 Å². The van der Waals surface area contributed by atoms with Gasteiger partial charge in [0.15, 0.2) is 0 Å². The summed E-state index contributed by atoms with van der Waals surface area (Å²) in [5, 5.41) is 3.73. The van der Waals surface area contributed by atoms with Crippen molar-refractivity contribution < 1.29 is 4.74 Å². The van der Waals surface area contributed by atoms with E-state index in [9.17, 15) is 0 Å². The Morgan fingerprint density at radius 1 is 1.41 bits per heavy atom. The topological polar surface area (TPSA) is 21.3 Å². The van der Waals surface area contributed by atoms with E-state index in [1.54, 1.807) is 0 Å². The van der Waals surface area contributed by atoms with Crippen LogP contribution >= 0.6 is 11.8 Å². The summed E-state index contributed by atoms with van der Waals surface area (Å²) in [6.45, 7) is 5.18. The lowest BCUT2D eigenvalue weighted by atomic mass is 9.88. The molecule has 2 aliphatic rings. The van der Waals surface area contributed by atoms with Gasteiger partial charge in [-0.25, -0.2) is 0 Å². The molecule has 0 saturated carbocycles. The fourth-order valence-electron chi connectivity index (χ4n) is 2.48. The highest BCUT2D eigenvalue weighted by Gasteiger charge is 2.34. The Bertz CT molecular complexity index is 403. The van der Waals surface area contributed by atoms with Crippen molar-refractivity contribution in [2.75, 3.05) is 25.5 Å². The third kappa shape index (κ3) is 2.37. The van der Waals surface area contributed by atoms with Crippen LogP contribution in [0.5, 0.6) is 0 Å². The molecule has 17 heavy (non-hydrogen) atoms. The molecule has 0 spiro atoms. The lowest BCUT2D eigenvalue weighted by molar-refractivity contribution is -0.100. The average molecular weight is 249 g/mol. The van der Waals surface area contributed by atoms with Gasteiger partial charge < -0.3 is 10.1 Å². The molecule has 1 aromatic rings. The fourth-order valence-corrected chi connectivity index (χ4v) is 3.60. The van der Waals surface area contributed by atoms with E-state index in [1.165, 1.54) is 22.6 Å². The Balaban J connectivity index is 1.68. The molecule has 3 heteroatoms. The predicted molar refractivity (Wildman–Crippen MR) is 71.5 cm³/mol. The van der Waals surface area contributed by atoms with Crippen LogP contribution in [0.3, 0.4) is 0 Å². The van der Waals surface area contributed by atoms with Crippen molar-refractivity contribution in [3.63, 3.8) is 0 Å². The first kappa shape index (κ1) is 11.6. The van der Waals surface area contributed by atoms with E-state index < -0.39 is 0 Å². The number of thioether (sulfide) groups is 1. The Labute approximate surface area is 107 Å². The van der Waals surface area contributed by atoms with E-state index in [0.717, 1.165) is 19.8 Å². The van der Waals surface area contributed by atoms with Crippen LogP contribution in [0.15, 0.2) is 29.2 Å². The third-order valence-electron chi connectivity index (χ3n) is 3.63. The highest BCUT2D eigenvalue weighted by atomic mass is 32.2. The molecule has 2 aliphatic heterocycles. The maximum Gasteiger partial charge on any atom is 0.0554 e. The van der Waals surface area contributed by atoms with Gasteiger partial charge in [0.2, 0.25) is 0 Å². The summed E-state index contributed by atoms with van der Waals surface area (Å²) in [5.41, 5.74) is 1.84. The number of ether oxygens (including phenoxy) is 1. The Morgan fingerprint density at radius 3 is 3.00 bits per heavy atom. The van der Waals surface area contributed by atoms with Crippen molar-refractivity contribution >= 4 is 11.8 Å². The number of benzene rings is 1. The van der Waals surface area contributed by atoms with Crippen LogP contribution in [0.1, 0.15) is 24.9 Å². The summed E-state index contributed by atoms with van der Waals surface area (Å²) < 4.78 is 5.30. The highest BCUT2D eigenvalue weighted by molar-refractivity contribution is 7.99. The van der Waals surface area contributed by atoms with Crippen molar-refractivity contribution in [1.29, 1.82) is 0 Å². The summed E-state index contributed by atoms with van der Waals surface area (Å²) in [6.07, 6.45) is 1.23. The van der Waals surface area contributed by atoms with Gasteiger partial charge in [0.05, 0.1) is 13.2 Å². The number of hydrogen-bond donors (Lipinski definition) is 1. The van der Waals surface area contributed by atoms with E-state index in [1.807, 2.05) is 11.8 Å². The molecule has 2 nitrogen and oxygen atoms in total. The van der Waals surface area contributed by atoms with Crippen molar-refractivity contribution in [1.82, 2.24) is 5.32 Å². The van der Waals surface area contributed by atoms with E-state index in [0.29, 0.717) is 11.5 Å². The van der Waals surface area contributed by atoms with Crippen molar-refractivity contribution in [3.05, 3.63) is 29.8 Å². The number of hydrogen-bond acceptors (Lipinski definition) is 3. The van der Waals surface area contributed by atoms with Gasteiger partial charge in [-0.1, -0.05) is 25.1 Å². The third-order valence-corrected chi connectivity index (χ3v) is 4.76. The standard InChI is InChI=1S/C14H19NOS/c1-14(9-16-10-14)8-15-12-6-7-17-13-5-3-2-4-11(12)13/h2-5,12,15H,6-10H2,1H3. The molecule has 2 heterocycles. The quantitative estimate of drug-likeness (QED) is 0.890. The van der Waals surface area contributed by atoms with Crippen molar-refractivity contribution in [3.8, 4) is 0 Å². The normalized spacial score (nSPS) is 26.1. The van der Waals surface area contributed by atoms with Gasteiger partial charge >= 0.3 is 0 Å². The monoisotopic (exact) mass is 249 g/mol. The molecule has 92 valence electrons. The molecule has 1 aromatic carbocycles. The minimum Gasteiger partial charge on any atom is -0.380 e. The SMILES string of the molecule is CC1(CNC2CCSc3ccccc32)COC1. The Kier molecular flexibility index (Phi) is 3.16. The second-order valence-corrected chi connectivity index (χ2v) is 6.55. The smallest absolute Gasteiger partial charge is 0.0554 e. The Hall–Kier alpha value is -0.510. The van der Waals surface area contributed by atoms with E-state index in [2.05, 4.69) is 36.5 Å². The molecule has 1 saturated heterocycles. The largest absolute Gasteiger partial charge is 0.380 e. The molecule has 1 N–H and O–H groups in total. The summed E-state index contributed by atoms with van der Waals surface area (Å²) in [6, 6.07) is 9.31. The second-order valence-electron chi connectivity index (χ2n) is 5.41. The van der Waals surface area contributed by atoms with Gasteiger partial charge in [-0.05, 0) is 23.8 Å². The van der Waals surface area contributed by atoms with E-state index in [4.69, 9.17) is 4.74 Å². The van der Waals surface area contributed by atoms with Gasteiger partial charge in [0.1, 0.15) is 0 Å². The first-order chi connectivity index (χ1) is 8.27. The minimum absolute atomic E-state index is 0.361. The molecular formula is C14H19NOS. The lowest BCUT2D eigenvalue weighted by Crippen LogP contribution is -2.48. The van der Waals surface area contributed by atoms with Crippen LogP contribution in [0.2, 0.25) is 0 Å². The summed E-state index contributed by atoms with van der Waals surface area (Å²) in [4.78, 5) is 1.45. The molecule has 1 unspecified atom stereocenters. The summed E-state index contributed by atoms with van der Waals surface area (Å²) >= 11 is 1.98. The van der Waals surface area contributed by atoms with Crippen LogP contribution in [0, 0.1) is 5.41 Å². The number of fused-ring (bicyclic) bond motifs is 1. The predicted octanol–water partition coefficient (Wildman–Crippen LogP) is 2.85. The maximum absolute atomic E-state index is 5.30. The zero-order chi connectivity index (χ0) is 11.7. The molecule has 1 fully saturated rings. The lowest BCUT2D eigenvalue weighted by Gasteiger charge is -2.40. The number of rotatable bonds is 3.